The van der Waals surface area contributed by atoms with E-state index >= 15 is 0 Å². The number of nitrogens with two attached hydrogens (primary N) is 1. The van der Waals surface area contributed by atoms with Crippen molar-refractivity contribution in [2.75, 3.05) is 19.7 Å². The van der Waals surface area contributed by atoms with Gasteiger partial charge in [-0.05, 0) is 24.3 Å². The van der Waals surface area contributed by atoms with Gasteiger partial charge in [-0.1, -0.05) is 0 Å². The molecule has 0 heterocycles. The van der Waals surface area contributed by atoms with Crippen LogP contribution in [0.25, 0.3) is 0 Å². The van der Waals surface area contributed by atoms with E-state index in [0.29, 0.717) is 18.8 Å². The number of halogens is 2. The smallest absolute Gasteiger partial charge is 0.257 e. The van der Waals surface area contributed by atoms with Crippen LogP contribution in [0.2, 0.25) is 0 Å². The molecule has 1 aromatic carbocycles. The number of carbonyl (C=O) groups excluding carboxylic acids is 1. The van der Waals surface area contributed by atoms with Crippen LogP contribution < -0.4 is 15.8 Å². The Balaban J connectivity index is 0.00000225. The van der Waals surface area contributed by atoms with Gasteiger partial charge in [0.2, 0.25) is 0 Å². The van der Waals surface area contributed by atoms with Gasteiger partial charge in [0.1, 0.15) is 11.6 Å². The second kappa shape index (κ2) is 7.90. The number of hydrogen-bond donors (Lipinski definition) is 2. The molecule has 0 spiro atoms. The van der Waals surface area contributed by atoms with Crippen LogP contribution in [0, 0.1) is 5.82 Å². The highest BCUT2D eigenvalue weighted by molar-refractivity contribution is 5.85. The van der Waals surface area contributed by atoms with E-state index in [1.54, 1.807) is 0 Å². The molecule has 0 saturated heterocycles. The molecule has 0 radical (unpaired) electrons. The van der Waals surface area contributed by atoms with E-state index in [1.807, 2.05) is 0 Å². The predicted octanol–water partition coefficient (Wildman–Crippen LogP) is 0.701. The van der Waals surface area contributed by atoms with E-state index < -0.39 is 0 Å². The van der Waals surface area contributed by atoms with Gasteiger partial charge in [0.05, 0.1) is 0 Å². The molecule has 1 rings (SSSR count). The molecule has 0 aliphatic rings. The second-order valence-corrected chi connectivity index (χ2v) is 2.88. The summed E-state index contributed by atoms with van der Waals surface area (Å²) in [6.07, 6.45) is 0. The van der Waals surface area contributed by atoms with Gasteiger partial charge in [-0.2, -0.15) is 0 Å². The summed E-state index contributed by atoms with van der Waals surface area (Å²) in [5.74, 6) is -0.126. The summed E-state index contributed by atoms with van der Waals surface area (Å²) in [5, 5.41) is 2.55. The molecule has 0 fully saturated rings. The van der Waals surface area contributed by atoms with E-state index in [9.17, 15) is 9.18 Å². The Kier molecular flexibility index (Phi) is 7.24. The molecule has 0 unspecified atom stereocenters. The molecule has 0 atom stereocenters. The van der Waals surface area contributed by atoms with Crippen LogP contribution in [0.15, 0.2) is 24.3 Å². The minimum absolute atomic E-state index is 0. The molecule has 0 saturated carbocycles. The molecule has 0 bridgehead atoms. The first kappa shape index (κ1) is 14.7. The number of amides is 1. The number of benzene rings is 1. The number of rotatable bonds is 5. The maximum atomic E-state index is 12.5. The Morgan fingerprint density at radius 2 is 2.00 bits per heavy atom. The topological polar surface area (TPSA) is 64.3 Å². The van der Waals surface area contributed by atoms with Crippen LogP contribution in [0.1, 0.15) is 0 Å². The first-order chi connectivity index (χ1) is 7.22. The molecule has 90 valence electrons. The van der Waals surface area contributed by atoms with Crippen LogP contribution in [0.3, 0.4) is 0 Å². The first-order valence-electron chi connectivity index (χ1n) is 4.57. The number of hydrogen-bond acceptors (Lipinski definition) is 3. The van der Waals surface area contributed by atoms with Crippen molar-refractivity contribution in [2.45, 2.75) is 0 Å². The fourth-order valence-electron chi connectivity index (χ4n) is 0.942. The average molecular weight is 249 g/mol. The van der Waals surface area contributed by atoms with Crippen molar-refractivity contribution < 1.29 is 13.9 Å². The van der Waals surface area contributed by atoms with Gasteiger partial charge in [-0.25, -0.2) is 4.39 Å². The lowest BCUT2D eigenvalue weighted by Crippen LogP contribution is -2.32. The molecule has 6 heteroatoms. The van der Waals surface area contributed by atoms with Gasteiger partial charge in [0.25, 0.3) is 5.91 Å². The quantitative estimate of drug-likeness (QED) is 0.806. The highest BCUT2D eigenvalue weighted by Crippen LogP contribution is 2.10. The van der Waals surface area contributed by atoms with E-state index in [0.717, 1.165) is 0 Å². The van der Waals surface area contributed by atoms with Crippen LogP contribution in [0.5, 0.6) is 5.75 Å². The van der Waals surface area contributed by atoms with Crippen molar-refractivity contribution in [1.82, 2.24) is 5.32 Å². The van der Waals surface area contributed by atoms with Crippen molar-refractivity contribution in [3.8, 4) is 5.75 Å². The minimum atomic E-state index is -0.338. The average Bonchev–Trinajstić information content (AvgIpc) is 2.25. The molecule has 1 aromatic rings. The van der Waals surface area contributed by atoms with Crippen molar-refractivity contribution in [1.29, 1.82) is 0 Å². The maximum absolute atomic E-state index is 12.5. The zero-order chi connectivity index (χ0) is 11.1. The maximum Gasteiger partial charge on any atom is 0.257 e. The Labute approximate surface area is 99.4 Å². The van der Waals surface area contributed by atoms with Crippen LogP contribution in [-0.4, -0.2) is 25.6 Å². The van der Waals surface area contributed by atoms with Gasteiger partial charge in [0, 0.05) is 13.1 Å². The van der Waals surface area contributed by atoms with E-state index in [4.69, 9.17) is 10.5 Å². The van der Waals surface area contributed by atoms with Gasteiger partial charge in [0.15, 0.2) is 6.61 Å². The minimum Gasteiger partial charge on any atom is -0.484 e. The Morgan fingerprint density at radius 3 is 2.56 bits per heavy atom. The Morgan fingerprint density at radius 1 is 1.38 bits per heavy atom. The predicted molar refractivity (Wildman–Crippen MR) is 61.2 cm³/mol. The molecule has 4 nitrogen and oxygen atoms in total. The van der Waals surface area contributed by atoms with Crippen LogP contribution in [-0.2, 0) is 4.79 Å². The zero-order valence-corrected chi connectivity index (χ0v) is 9.43. The van der Waals surface area contributed by atoms with Crippen molar-refractivity contribution in [3.63, 3.8) is 0 Å². The van der Waals surface area contributed by atoms with E-state index in [1.165, 1.54) is 24.3 Å². The molecular formula is C10H14ClFN2O2. The second-order valence-electron chi connectivity index (χ2n) is 2.88. The molecule has 0 aliphatic heterocycles. The largest absolute Gasteiger partial charge is 0.484 e. The molecule has 0 aliphatic carbocycles. The van der Waals surface area contributed by atoms with E-state index in [-0.39, 0.29) is 30.7 Å². The van der Waals surface area contributed by atoms with Crippen molar-refractivity contribution in [2.24, 2.45) is 5.73 Å². The summed E-state index contributed by atoms with van der Waals surface area (Å²) in [6, 6.07) is 5.47. The van der Waals surface area contributed by atoms with E-state index in [2.05, 4.69) is 5.32 Å². The van der Waals surface area contributed by atoms with Crippen LogP contribution >= 0.6 is 12.4 Å². The highest BCUT2D eigenvalue weighted by atomic mass is 35.5. The third kappa shape index (κ3) is 5.53. The standard InChI is InChI=1S/C10H13FN2O2.ClH/c11-8-1-3-9(4-2-8)15-7-10(14)13-6-5-12;/h1-4H,5-7,12H2,(H,13,14);1H. The molecule has 3 N–H and O–H groups in total. The molecule has 0 aromatic heterocycles. The third-order valence-corrected chi connectivity index (χ3v) is 1.65. The summed E-state index contributed by atoms with van der Waals surface area (Å²) < 4.78 is 17.6. The van der Waals surface area contributed by atoms with Gasteiger partial charge < -0.3 is 15.8 Å². The monoisotopic (exact) mass is 248 g/mol. The van der Waals surface area contributed by atoms with Crippen LogP contribution in [0.4, 0.5) is 4.39 Å². The number of carbonyl (C=O) groups is 1. The summed E-state index contributed by atoms with van der Waals surface area (Å²) in [5.41, 5.74) is 5.20. The van der Waals surface area contributed by atoms with Crippen molar-refractivity contribution in [3.05, 3.63) is 30.1 Å². The fourth-order valence-corrected chi connectivity index (χ4v) is 0.942. The SMILES string of the molecule is Cl.NCCNC(=O)COc1ccc(F)cc1. The highest BCUT2D eigenvalue weighted by Gasteiger charge is 2.01. The summed E-state index contributed by atoms with van der Waals surface area (Å²) in [6.45, 7) is 0.722. The fraction of sp³-hybridized carbons (Fsp3) is 0.300. The molecular weight excluding hydrogens is 235 g/mol. The lowest BCUT2D eigenvalue weighted by Gasteiger charge is -2.06. The Hall–Kier alpha value is -1.33. The summed E-state index contributed by atoms with van der Waals surface area (Å²) in [7, 11) is 0. The lowest BCUT2D eigenvalue weighted by atomic mass is 10.3. The third-order valence-electron chi connectivity index (χ3n) is 1.65. The normalized spacial score (nSPS) is 9.12. The number of nitrogens with one attached hydrogen (secondary N) is 1. The number of ether oxygens (including phenoxy) is 1. The van der Waals surface area contributed by atoms with Gasteiger partial charge in [-0.15, -0.1) is 12.4 Å². The Bertz CT molecular complexity index is 319. The lowest BCUT2D eigenvalue weighted by molar-refractivity contribution is -0.123. The molecule has 1 amide bonds. The van der Waals surface area contributed by atoms with Crippen molar-refractivity contribution >= 4 is 18.3 Å². The first-order valence-corrected chi connectivity index (χ1v) is 4.57. The van der Waals surface area contributed by atoms with Gasteiger partial charge >= 0.3 is 0 Å². The van der Waals surface area contributed by atoms with Gasteiger partial charge in [-0.3, -0.25) is 4.79 Å². The summed E-state index contributed by atoms with van der Waals surface area (Å²) >= 11 is 0. The molecule has 16 heavy (non-hydrogen) atoms. The zero-order valence-electron chi connectivity index (χ0n) is 8.61. The summed E-state index contributed by atoms with van der Waals surface area (Å²) in [4.78, 5) is 11.1.